The van der Waals surface area contributed by atoms with E-state index in [4.69, 9.17) is 0 Å². The lowest BCUT2D eigenvalue weighted by atomic mass is 9.83. The van der Waals surface area contributed by atoms with Crippen LogP contribution in [0.1, 0.15) is 42.9 Å². The highest BCUT2D eigenvalue weighted by molar-refractivity contribution is 5.82. The van der Waals surface area contributed by atoms with E-state index < -0.39 is 0 Å². The van der Waals surface area contributed by atoms with Crippen LogP contribution in [0.2, 0.25) is 0 Å². The molecular formula is C21H23NO. The molecule has 1 saturated carbocycles. The zero-order valence-electron chi connectivity index (χ0n) is 13.4. The second kappa shape index (κ2) is 6.29. The van der Waals surface area contributed by atoms with Crippen LogP contribution in [0.15, 0.2) is 60.7 Å². The van der Waals surface area contributed by atoms with E-state index in [0.29, 0.717) is 11.8 Å². The Hall–Kier alpha value is -1.93. The highest BCUT2D eigenvalue weighted by Crippen LogP contribution is 2.41. The van der Waals surface area contributed by atoms with Gasteiger partial charge >= 0.3 is 0 Å². The van der Waals surface area contributed by atoms with Crippen LogP contribution in [0.25, 0.3) is 0 Å². The van der Waals surface area contributed by atoms with Gasteiger partial charge in [0.15, 0.2) is 0 Å². The van der Waals surface area contributed by atoms with Crippen molar-refractivity contribution in [2.45, 2.75) is 37.8 Å². The Labute approximate surface area is 138 Å². The lowest BCUT2D eigenvalue weighted by Gasteiger charge is -2.37. The molecule has 1 aliphatic heterocycles. The molecule has 23 heavy (non-hydrogen) atoms. The average molecular weight is 305 g/mol. The maximum absolute atomic E-state index is 12.3. The summed E-state index contributed by atoms with van der Waals surface area (Å²) in [5.41, 5.74) is 2.66. The molecule has 0 spiro atoms. The van der Waals surface area contributed by atoms with Crippen molar-refractivity contribution in [1.82, 2.24) is 4.90 Å². The summed E-state index contributed by atoms with van der Waals surface area (Å²) in [5.74, 6) is 0.752. The molecule has 1 saturated heterocycles. The smallest absolute Gasteiger partial charge is 0.137 e. The van der Waals surface area contributed by atoms with E-state index in [1.165, 1.54) is 11.1 Å². The number of ketones is 1. The molecule has 0 radical (unpaired) electrons. The fraction of sp³-hybridized carbons (Fsp3) is 0.381. The number of carbonyl (C=O) groups excluding carboxylic acids is 1. The van der Waals surface area contributed by atoms with Gasteiger partial charge in [-0.3, -0.25) is 9.69 Å². The summed E-state index contributed by atoms with van der Waals surface area (Å²) in [6, 6.07) is 22.2. The largest absolute Gasteiger partial charge is 0.299 e. The minimum atomic E-state index is 0.262. The molecule has 2 atom stereocenters. The van der Waals surface area contributed by atoms with Gasteiger partial charge in [-0.05, 0) is 30.4 Å². The van der Waals surface area contributed by atoms with Crippen molar-refractivity contribution in [2.75, 3.05) is 6.54 Å². The molecule has 0 aromatic heterocycles. The van der Waals surface area contributed by atoms with E-state index in [1.807, 2.05) is 0 Å². The van der Waals surface area contributed by atoms with Crippen LogP contribution in [-0.2, 0) is 4.79 Å². The molecule has 2 nitrogen and oxygen atoms in total. The van der Waals surface area contributed by atoms with Crippen LogP contribution in [0.4, 0.5) is 0 Å². The second-order valence-electron chi connectivity index (χ2n) is 6.78. The third-order valence-electron chi connectivity index (χ3n) is 5.49. The minimum Gasteiger partial charge on any atom is -0.299 e. The topological polar surface area (TPSA) is 20.3 Å². The Kier molecular flexibility index (Phi) is 4.00. The highest BCUT2D eigenvalue weighted by atomic mass is 16.1. The predicted molar refractivity (Wildman–Crippen MR) is 92.2 cm³/mol. The molecule has 1 heterocycles. The van der Waals surface area contributed by atoms with Gasteiger partial charge in [0.2, 0.25) is 0 Å². The first-order valence-corrected chi connectivity index (χ1v) is 8.73. The molecule has 1 aliphatic carbocycles. The van der Waals surface area contributed by atoms with E-state index >= 15 is 0 Å². The molecule has 2 aliphatic rings. The monoisotopic (exact) mass is 305 g/mol. The summed E-state index contributed by atoms with van der Waals surface area (Å²) in [4.78, 5) is 14.9. The van der Waals surface area contributed by atoms with Crippen LogP contribution >= 0.6 is 0 Å². The van der Waals surface area contributed by atoms with E-state index in [2.05, 4.69) is 65.6 Å². The summed E-state index contributed by atoms with van der Waals surface area (Å²) in [5, 5.41) is 0. The van der Waals surface area contributed by atoms with Gasteiger partial charge in [0.05, 0.1) is 6.04 Å². The number of fused-ring (bicyclic) bond motifs is 1. The lowest BCUT2D eigenvalue weighted by molar-refractivity contribution is -0.125. The molecule has 2 aromatic carbocycles. The number of rotatable bonds is 3. The quantitative estimate of drug-likeness (QED) is 0.846. The molecule has 0 unspecified atom stereocenters. The standard InChI is InChI=1S/C21H23NO/c23-20-13-7-12-19-18(20)14-15-22(19)21(16-8-3-1-4-9-16)17-10-5-2-6-11-17/h1-6,8-11,18-19,21H,7,12-15H2/t18-,19-/m0/s1. The number of benzene rings is 2. The van der Waals surface area contributed by atoms with Gasteiger partial charge in [0.25, 0.3) is 0 Å². The number of hydrogen-bond donors (Lipinski definition) is 0. The first-order valence-electron chi connectivity index (χ1n) is 8.73. The van der Waals surface area contributed by atoms with E-state index in [-0.39, 0.29) is 12.0 Å². The summed E-state index contributed by atoms with van der Waals surface area (Å²) in [7, 11) is 0. The van der Waals surface area contributed by atoms with Crippen molar-refractivity contribution in [3.8, 4) is 0 Å². The number of carbonyl (C=O) groups is 1. The molecule has 0 amide bonds. The summed E-state index contributed by atoms with van der Waals surface area (Å²) in [6.45, 7) is 1.02. The minimum absolute atomic E-state index is 0.262. The van der Waals surface area contributed by atoms with Gasteiger partial charge < -0.3 is 0 Å². The van der Waals surface area contributed by atoms with Crippen LogP contribution in [0, 0.1) is 5.92 Å². The van der Waals surface area contributed by atoms with Crippen molar-refractivity contribution >= 4 is 5.78 Å². The predicted octanol–water partition coefficient (Wildman–Crippen LogP) is 4.22. The SMILES string of the molecule is O=C1CCC[C@H]2[C@@H]1CCN2C(c1ccccc1)c1ccccc1. The Morgan fingerprint density at radius 1 is 0.870 bits per heavy atom. The number of likely N-dealkylation sites (tertiary alicyclic amines) is 1. The molecular weight excluding hydrogens is 282 g/mol. The van der Waals surface area contributed by atoms with Gasteiger partial charge in [-0.1, -0.05) is 60.7 Å². The number of nitrogens with zero attached hydrogens (tertiary/aromatic N) is 1. The second-order valence-corrected chi connectivity index (χ2v) is 6.78. The maximum atomic E-state index is 12.3. The van der Waals surface area contributed by atoms with Crippen molar-refractivity contribution in [3.63, 3.8) is 0 Å². The van der Waals surface area contributed by atoms with Crippen molar-refractivity contribution < 1.29 is 4.79 Å². The van der Waals surface area contributed by atoms with Crippen LogP contribution in [0.3, 0.4) is 0 Å². The third-order valence-corrected chi connectivity index (χ3v) is 5.49. The molecule has 0 N–H and O–H groups in total. The molecule has 0 bridgehead atoms. The van der Waals surface area contributed by atoms with E-state index in [0.717, 1.165) is 32.2 Å². The van der Waals surface area contributed by atoms with Crippen molar-refractivity contribution in [3.05, 3.63) is 71.8 Å². The molecule has 2 fully saturated rings. The maximum Gasteiger partial charge on any atom is 0.137 e. The Bertz CT molecular complexity index is 627. The summed E-state index contributed by atoms with van der Waals surface area (Å²) < 4.78 is 0. The first-order chi connectivity index (χ1) is 11.3. The number of hydrogen-bond acceptors (Lipinski definition) is 2. The molecule has 4 rings (SSSR count). The summed E-state index contributed by atoms with van der Waals surface area (Å²) >= 11 is 0. The van der Waals surface area contributed by atoms with E-state index in [1.54, 1.807) is 0 Å². The van der Waals surface area contributed by atoms with Crippen LogP contribution < -0.4 is 0 Å². The molecule has 118 valence electrons. The van der Waals surface area contributed by atoms with Gasteiger partial charge in [0.1, 0.15) is 5.78 Å². The normalized spacial score (nSPS) is 24.8. The Balaban J connectivity index is 1.73. The van der Waals surface area contributed by atoms with Crippen molar-refractivity contribution in [1.29, 1.82) is 0 Å². The van der Waals surface area contributed by atoms with E-state index in [9.17, 15) is 4.79 Å². The fourth-order valence-corrected chi connectivity index (χ4v) is 4.46. The molecule has 2 aromatic rings. The lowest BCUT2D eigenvalue weighted by Crippen LogP contribution is -2.40. The molecule has 2 heteroatoms. The average Bonchev–Trinajstić information content (AvgIpc) is 3.03. The number of Topliss-reactive ketones (excluding diaryl/α,β-unsaturated/α-hetero) is 1. The van der Waals surface area contributed by atoms with Gasteiger partial charge in [-0.2, -0.15) is 0 Å². The highest BCUT2D eigenvalue weighted by Gasteiger charge is 2.43. The van der Waals surface area contributed by atoms with Crippen molar-refractivity contribution in [2.24, 2.45) is 5.92 Å². The Morgan fingerprint density at radius 3 is 2.09 bits per heavy atom. The Morgan fingerprint density at radius 2 is 1.48 bits per heavy atom. The van der Waals surface area contributed by atoms with Gasteiger partial charge in [-0.15, -0.1) is 0 Å². The third kappa shape index (κ3) is 2.72. The van der Waals surface area contributed by atoms with Crippen LogP contribution in [-0.4, -0.2) is 23.3 Å². The zero-order valence-corrected chi connectivity index (χ0v) is 13.4. The van der Waals surface area contributed by atoms with Crippen LogP contribution in [0.5, 0.6) is 0 Å². The zero-order chi connectivity index (χ0) is 15.6. The first kappa shape index (κ1) is 14.6. The van der Waals surface area contributed by atoms with Gasteiger partial charge in [-0.25, -0.2) is 0 Å². The summed E-state index contributed by atoms with van der Waals surface area (Å²) in [6.07, 6.45) is 4.02. The van der Waals surface area contributed by atoms with Gasteiger partial charge in [0, 0.05) is 24.9 Å². The fourth-order valence-electron chi connectivity index (χ4n) is 4.46.